The van der Waals surface area contributed by atoms with Gasteiger partial charge < -0.3 is 15.1 Å². The Morgan fingerprint density at radius 3 is 2.70 bits per heavy atom. The molecule has 0 bridgehead atoms. The first-order chi connectivity index (χ1) is 9.65. The predicted octanol–water partition coefficient (Wildman–Crippen LogP) is 1.92. The number of amides is 1. The summed E-state index contributed by atoms with van der Waals surface area (Å²) in [6.07, 6.45) is 2.14. The Bertz CT molecular complexity index is 468. The van der Waals surface area contributed by atoms with Gasteiger partial charge in [0.1, 0.15) is 0 Å². The van der Waals surface area contributed by atoms with Crippen LogP contribution in [0.2, 0.25) is 0 Å². The van der Waals surface area contributed by atoms with Gasteiger partial charge in [0.05, 0.1) is 11.8 Å². The Balaban J connectivity index is 2.00. The van der Waals surface area contributed by atoms with Crippen molar-refractivity contribution in [3.8, 4) is 0 Å². The lowest BCUT2D eigenvalue weighted by Crippen LogP contribution is -2.40. The van der Waals surface area contributed by atoms with Gasteiger partial charge in [-0.15, -0.1) is 0 Å². The van der Waals surface area contributed by atoms with E-state index >= 15 is 0 Å². The topological polar surface area (TPSA) is 67.6 Å². The van der Waals surface area contributed by atoms with E-state index < -0.39 is 0 Å². The summed E-state index contributed by atoms with van der Waals surface area (Å²) >= 11 is 0. The lowest BCUT2D eigenvalue weighted by molar-refractivity contribution is 0.0146. The van der Waals surface area contributed by atoms with Crippen LogP contribution in [0.25, 0.3) is 0 Å². The molecule has 1 amide bonds. The lowest BCUT2D eigenvalue weighted by Gasteiger charge is -2.32. The Hall–Kier alpha value is -1.59. The van der Waals surface area contributed by atoms with Gasteiger partial charge in [0, 0.05) is 25.3 Å². The molecule has 1 aromatic rings. The number of piperidine rings is 1. The number of benzene rings is 1. The quantitative estimate of drug-likeness (QED) is 0.652. The van der Waals surface area contributed by atoms with Crippen LogP contribution in [0.1, 0.15) is 35.7 Å². The Morgan fingerprint density at radius 1 is 1.45 bits per heavy atom. The maximum Gasteiger partial charge on any atom is 0.253 e. The van der Waals surface area contributed by atoms with Gasteiger partial charge in [-0.05, 0) is 50.5 Å². The maximum atomic E-state index is 12.4. The zero-order valence-corrected chi connectivity index (χ0v) is 12.2. The fraction of sp³-hybridized carbons (Fsp3) is 0.533. The van der Waals surface area contributed by atoms with E-state index in [4.69, 9.17) is 10.6 Å². The molecular weight excluding hydrogens is 254 g/mol. The number of ether oxygens (including phenoxy) is 1. The molecule has 3 N–H and O–H groups in total. The minimum Gasteiger partial charge on any atom is -0.378 e. The number of likely N-dealkylation sites (tertiary alicyclic amines) is 1. The number of carbonyl (C=O) groups is 1. The first-order valence-corrected chi connectivity index (χ1v) is 7.13. The highest BCUT2D eigenvalue weighted by Gasteiger charge is 2.23. The Morgan fingerprint density at radius 2 is 2.15 bits per heavy atom. The molecule has 1 aliphatic rings. The molecule has 0 aromatic heterocycles. The summed E-state index contributed by atoms with van der Waals surface area (Å²) in [6.45, 7) is 6.21. The SMILES string of the molecule is CCOC1CCN(C(=O)c2ccc(NN)c(C)c2)CC1. The summed E-state index contributed by atoms with van der Waals surface area (Å²) in [5, 5.41) is 0. The van der Waals surface area contributed by atoms with Crippen LogP contribution in [-0.4, -0.2) is 36.6 Å². The van der Waals surface area contributed by atoms with Crippen molar-refractivity contribution >= 4 is 11.6 Å². The second kappa shape index (κ2) is 6.72. The number of anilines is 1. The minimum absolute atomic E-state index is 0.0895. The summed E-state index contributed by atoms with van der Waals surface area (Å²) in [7, 11) is 0. The van der Waals surface area contributed by atoms with E-state index in [9.17, 15) is 4.79 Å². The normalized spacial score (nSPS) is 16.2. The third kappa shape index (κ3) is 3.29. The first kappa shape index (κ1) is 14.8. The van der Waals surface area contributed by atoms with Crippen LogP contribution in [0.3, 0.4) is 0 Å². The average molecular weight is 277 g/mol. The zero-order valence-electron chi connectivity index (χ0n) is 12.2. The minimum atomic E-state index is 0.0895. The van der Waals surface area contributed by atoms with Gasteiger partial charge in [-0.25, -0.2) is 0 Å². The van der Waals surface area contributed by atoms with Crippen molar-refractivity contribution in [2.75, 3.05) is 25.1 Å². The van der Waals surface area contributed by atoms with Gasteiger partial charge in [0.15, 0.2) is 0 Å². The number of hydrogen-bond donors (Lipinski definition) is 2. The first-order valence-electron chi connectivity index (χ1n) is 7.13. The zero-order chi connectivity index (χ0) is 14.5. The fourth-order valence-electron chi connectivity index (χ4n) is 2.60. The second-order valence-electron chi connectivity index (χ2n) is 5.12. The average Bonchev–Trinajstić information content (AvgIpc) is 2.47. The third-order valence-corrected chi connectivity index (χ3v) is 3.76. The Labute approximate surface area is 120 Å². The molecule has 1 aromatic carbocycles. The molecule has 5 nitrogen and oxygen atoms in total. The van der Waals surface area contributed by atoms with Crippen molar-refractivity contribution in [3.63, 3.8) is 0 Å². The largest absolute Gasteiger partial charge is 0.378 e. The van der Waals surface area contributed by atoms with E-state index in [-0.39, 0.29) is 5.91 Å². The molecule has 20 heavy (non-hydrogen) atoms. The predicted molar refractivity (Wildman–Crippen MR) is 79.5 cm³/mol. The van der Waals surface area contributed by atoms with E-state index in [0.29, 0.717) is 6.10 Å². The maximum absolute atomic E-state index is 12.4. The van der Waals surface area contributed by atoms with E-state index in [1.165, 1.54) is 0 Å². The van der Waals surface area contributed by atoms with Crippen LogP contribution in [0.4, 0.5) is 5.69 Å². The number of nitrogens with one attached hydrogen (secondary N) is 1. The Kier molecular flexibility index (Phi) is 4.98. The molecule has 0 saturated carbocycles. The van der Waals surface area contributed by atoms with Gasteiger partial charge in [-0.1, -0.05) is 0 Å². The summed E-state index contributed by atoms with van der Waals surface area (Å²) < 4.78 is 5.61. The van der Waals surface area contributed by atoms with Crippen molar-refractivity contribution < 1.29 is 9.53 Å². The number of hydrogen-bond acceptors (Lipinski definition) is 4. The van der Waals surface area contributed by atoms with Crippen molar-refractivity contribution in [1.82, 2.24) is 4.90 Å². The molecule has 2 rings (SSSR count). The monoisotopic (exact) mass is 277 g/mol. The highest BCUT2D eigenvalue weighted by atomic mass is 16.5. The van der Waals surface area contributed by atoms with E-state index in [2.05, 4.69) is 5.43 Å². The smallest absolute Gasteiger partial charge is 0.253 e. The van der Waals surface area contributed by atoms with Crippen LogP contribution in [-0.2, 0) is 4.74 Å². The lowest BCUT2D eigenvalue weighted by atomic mass is 10.0. The van der Waals surface area contributed by atoms with Crippen LogP contribution < -0.4 is 11.3 Å². The number of hydrazine groups is 1. The summed E-state index contributed by atoms with van der Waals surface area (Å²) in [6, 6.07) is 5.54. The molecule has 0 radical (unpaired) electrons. The molecule has 0 unspecified atom stereocenters. The van der Waals surface area contributed by atoms with Crippen LogP contribution >= 0.6 is 0 Å². The van der Waals surface area contributed by atoms with Crippen molar-refractivity contribution in [2.24, 2.45) is 5.84 Å². The van der Waals surface area contributed by atoms with Gasteiger partial charge in [0.25, 0.3) is 5.91 Å². The van der Waals surface area contributed by atoms with E-state index in [1.807, 2.05) is 36.9 Å². The fourth-order valence-corrected chi connectivity index (χ4v) is 2.60. The molecule has 5 heteroatoms. The van der Waals surface area contributed by atoms with Gasteiger partial charge in [-0.2, -0.15) is 0 Å². The molecule has 0 aliphatic carbocycles. The number of carbonyl (C=O) groups excluding carboxylic acids is 1. The van der Waals surface area contributed by atoms with Crippen LogP contribution in [0.5, 0.6) is 0 Å². The summed E-state index contributed by atoms with van der Waals surface area (Å²) in [5.74, 6) is 5.49. The van der Waals surface area contributed by atoms with E-state index in [0.717, 1.165) is 49.4 Å². The standard InChI is InChI=1S/C15H23N3O2/c1-3-20-13-6-8-18(9-7-13)15(19)12-4-5-14(17-16)11(2)10-12/h4-5,10,13,17H,3,6-9,16H2,1-2H3. The van der Waals surface area contributed by atoms with Gasteiger partial charge in [0.2, 0.25) is 0 Å². The number of nitrogens with two attached hydrogens (primary N) is 1. The van der Waals surface area contributed by atoms with Crippen molar-refractivity contribution in [2.45, 2.75) is 32.8 Å². The molecule has 110 valence electrons. The van der Waals surface area contributed by atoms with Crippen molar-refractivity contribution in [3.05, 3.63) is 29.3 Å². The summed E-state index contributed by atoms with van der Waals surface area (Å²) in [5.41, 5.74) is 5.16. The molecule has 0 spiro atoms. The number of aryl methyl sites for hydroxylation is 1. The second-order valence-corrected chi connectivity index (χ2v) is 5.12. The molecule has 1 fully saturated rings. The van der Waals surface area contributed by atoms with Crippen LogP contribution in [0.15, 0.2) is 18.2 Å². The summed E-state index contributed by atoms with van der Waals surface area (Å²) in [4.78, 5) is 14.4. The highest BCUT2D eigenvalue weighted by molar-refractivity contribution is 5.95. The molecule has 1 heterocycles. The van der Waals surface area contributed by atoms with E-state index in [1.54, 1.807) is 0 Å². The highest BCUT2D eigenvalue weighted by Crippen LogP contribution is 2.19. The number of nitrogen functional groups attached to an aromatic ring is 1. The van der Waals surface area contributed by atoms with Crippen molar-refractivity contribution in [1.29, 1.82) is 0 Å². The third-order valence-electron chi connectivity index (χ3n) is 3.76. The number of rotatable bonds is 4. The van der Waals surface area contributed by atoms with Gasteiger partial charge in [-0.3, -0.25) is 10.6 Å². The molecule has 0 atom stereocenters. The molecule has 1 aliphatic heterocycles. The van der Waals surface area contributed by atoms with Gasteiger partial charge >= 0.3 is 0 Å². The number of nitrogens with zero attached hydrogens (tertiary/aromatic N) is 1. The molecule has 1 saturated heterocycles. The van der Waals surface area contributed by atoms with Crippen LogP contribution in [0, 0.1) is 6.92 Å². The molecular formula is C15H23N3O2.